The van der Waals surface area contributed by atoms with Crippen LogP contribution in [0.4, 0.5) is 0 Å². The summed E-state index contributed by atoms with van der Waals surface area (Å²) in [5.41, 5.74) is 3.01. The Labute approximate surface area is 129 Å². The molecule has 3 aromatic rings. The van der Waals surface area contributed by atoms with Crippen molar-refractivity contribution in [2.75, 3.05) is 12.5 Å². The van der Waals surface area contributed by atoms with E-state index in [2.05, 4.69) is 4.98 Å². The number of unbranched alkanes of at least 4 members (excludes halogenated alkanes) is 1. The molecule has 2 aromatic heterocycles. The number of nitrogens with zero attached hydrogens (tertiary/aromatic N) is 2. The largest absolute Gasteiger partial charge is 0.494 e. The molecule has 0 unspecified atom stereocenters. The van der Waals surface area contributed by atoms with Crippen LogP contribution in [0.1, 0.15) is 12.8 Å². The van der Waals surface area contributed by atoms with Crippen LogP contribution in [0.25, 0.3) is 16.9 Å². The Bertz CT molecular complexity index is 673. The monoisotopic (exact) mass is 300 g/mol. The second-order valence-corrected chi connectivity index (χ2v) is 5.24. The summed E-state index contributed by atoms with van der Waals surface area (Å²) in [5, 5.41) is 0. The van der Waals surface area contributed by atoms with Crippen molar-refractivity contribution < 1.29 is 4.74 Å². The Morgan fingerprint density at radius 3 is 2.67 bits per heavy atom. The van der Waals surface area contributed by atoms with E-state index in [0.29, 0.717) is 12.5 Å². The first kappa shape index (κ1) is 14.0. The SMILES string of the molecule is ClCCCCOc1ccc(-c2cn3ccccc3n2)cc1. The third kappa shape index (κ3) is 3.37. The number of ether oxygens (including phenoxy) is 1. The van der Waals surface area contributed by atoms with Gasteiger partial charge < -0.3 is 9.14 Å². The molecule has 4 heteroatoms. The molecule has 0 fully saturated rings. The van der Waals surface area contributed by atoms with Crippen molar-refractivity contribution in [3.8, 4) is 17.0 Å². The summed E-state index contributed by atoms with van der Waals surface area (Å²) in [6.07, 6.45) is 6.00. The van der Waals surface area contributed by atoms with Crippen LogP contribution >= 0.6 is 11.6 Å². The second-order valence-electron chi connectivity index (χ2n) is 4.86. The van der Waals surface area contributed by atoms with E-state index < -0.39 is 0 Å². The summed E-state index contributed by atoms with van der Waals surface area (Å²) in [5.74, 6) is 1.58. The third-order valence-electron chi connectivity index (χ3n) is 3.31. The van der Waals surface area contributed by atoms with Gasteiger partial charge in [-0.15, -0.1) is 11.6 Å². The highest BCUT2D eigenvalue weighted by Gasteiger charge is 2.04. The zero-order chi connectivity index (χ0) is 14.5. The maximum absolute atomic E-state index is 5.67. The number of pyridine rings is 1. The van der Waals surface area contributed by atoms with Crippen LogP contribution in [0.2, 0.25) is 0 Å². The normalized spacial score (nSPS) is 10.9. The van der Waals surface area contributed by atoms with Gasteiger partial charge in [0, 0.05) is 23.8 Å². The van der Waals surface area contributed by atoms with Crippen LogP contribution in [0.15, 0.2) is 54.9 Å². The number of aromatic nitrogens is 2. The molecule has 21 heavy (non-hydrogen) atoms. The van der Waals surface area contributed by atoms with Gasteiger partial charge in [0.15, 0.2) is 0 Å². The standard InChI is InChI=1S/C17H17ClN2O/c18-10-2-4-12-21-15-8-6-14(7-9-15)16-13-20-11-3-1-5-17(20)19-16/h1,3,5-9,11,13H,2,4,10,12H2. The van der Waals surface area contributed by atoms with E-state index in [1.54, 1.807) is 0 Å². The zero-order valence-corrected chi connectivity index (χ0v) is 12.5. The molecular formula is C17H17ClN2O. The molecule has 108 valence electrons. The zero-order valence-electron chi connectivity index (χ0n) is 11.7. The Morgan fingerprint density at radius 2 is 1.90 bits per heavy atom. The molecule has 0 N–H and O–H groups in total. The molecule has 0 atom stereocenters. The molecule has 0 aliphatic carbocycles. The van der Waals surface area contributed by atoms with E-state index >= 15 is 0 Å². The molecule has 0 saturated carbocycles. The predicted octanol–water partition coefficient (Wildman–Crippen LogP) is 4.40. The van der Waals surface area contributed by atoms with E-state index in [4.69, 9.17) is 16.3 Å². The Hall–Kier alpha value is -2.00. The summed E-state index contributed by atoms with van der Waals surface area (Å²) in [6.45, 7) is 0.709. The Kier molecular flexibility index (Phi) is 4.41. The van der Waals surface area contributed by atoms with E-state index in [1.807, 2.05) is 59.3 Å². The van der Waals surface area contributed by atoms with Crippen molar-refractivity contribution in [2.45, 2.75) is 12.8 Å². The minimum atomic E-state index is 0.691. The molecule has 0 aliphatic heterocycles. The number of rotatable bonds is 6. The number of hydrogen-bond donors (Lipinski definition) is 0. The fourth-order valence-electron chi connectivity index (χ4n) is 2.18. The highest BCUT2D eigenvalue weighted by atomic mass is 35.5. The second kappa shape index (κ2) is 6.64. The number of fused-ring (bicyclic) bond motifs is 1. The maximum atomic E-state index is 5.67. The van der Waals surface area contributed by atoms with Gasteiger partial charge in [0.1, 0.15) is 11.4 Å². The number of imidazole rings is 1. The minimum Gasteiger partial charge on any atom is -0.494 e. The number of halogens is 1. The summed E-state index contributed by atoms with van der Waals surface area (Å²) in [4.78, 5) is 4.61. The van der Waals surface area contributed by atoms with Gasteiger partial charge in [-0.1, -0.05) is 6.07 Å². The van der Waals surface area contributed by atoms with Crippen LogP contribution in [-0.4, -0.2) is 21.9 Å². The smallest absolute Gasteiger partial charge is 0.137 e. The van der Waals surface area contributed by atoms with Gasteiger partial charge in [-0.25, -0.2) is 4.98 Å². The summed E-state index contributed by atoms with van der Waals surface area (Å²) < 4.78 is 7.69. The first-order valence-corrected chi connectivity index (χ1v) is 7.63. The summed E-state index contributed by atoms with van der Waals surface area (Å²) >= 11 is 5.64. The summed E-state index contributed by atoms with van der Waals surface area (Å²) in [7, 11) is 0. The van der Waals surface area contributed by atoms with Crippen molar-refractivity contribution in [1.82, 2.24) is 9.38 Å². The fraction of sp³-hybridized carbons (Fsp3) is 0.235. The van der Waals surface area contributed by atoms with Crippen LogP contribution in [0, 0.1) is 0 Å². The topological polar surface area (TPSA) is 26.5 Å². The molecule has 0 spiro atoms. The number of benzene rings is 1. The first-order chi connectivity index (χ1) is 10.4. The molecule has 2 heterocycles. The molecule has 0 bridgehead atoms. The highest BCUT2D eigenvalue weighted by Crippen LogP contribution is 2.22. The van der Waals surface area contributed by atoms with E-state index in [1.165, 1.54) is 0 Å². The van der Waals surface area contributed by atoms with E-state index in [0.717, 1.165) is 35.5 Å². The quantitative estimate of drug-likeness (QED) is 0.498. The molecule has 0 amide bonds. The molecule has 0 saturated heterocycles. The van der Waals surface area contributed by atoms with Crippen molar-refractivity contribution in [3.63, 3.8) is 0 Å². The van der Waals surface area contributed by atoms with Crippen molar-refractivity contribution in [3.05, 3.63) is 54.9 Å². The van der Waals surface area contributed by atoms with Gasteiger partial charge in [0.25, 0.3) is 0 Å². The van der Waals surface area contributed by atoms with Crippen molar-refractivity contribution in [2.24, 2.45) is 0 Å². The van der Waals surface area contributed by atoms with E-state index in [-0.39, 0.29) is 0 Å². The van der Waals surface area contributed by atoms with Crippen molar-refractivity contribution >= 4 is 17.2 Å². The summed E-state index contributed by atoms with van der Waals surface area (Å²) in [6, 6.07) is 14.0. The molecule has 1 aromatic carbocycles. The van der Waals surface area contributed by atoms with Crippen molar-refractivity contribution in [1.29, 1.82) is 0 Å². The van der Waals surface area contributed by atoms with Crippen LogP contribution in [-0.2, 0) is 0 Å². The highest BCUT2D eigenvalue weighted by molar-refractivity contribution is 6.17. The lowest BCUT2D eigenvalue weighted by molar-refractivity contribution is 0.310. The van der Waals surface area contributed by atoms with Crippen LogP contribution in [0.5, 0.6) is 5.75 Å². The Morgan fingerprint density at radius 1 is 1.05 bits per heavy atom. The lowest BCUT2D eigenvalue weighted by atomic mass is 10.2. The van der Waals surface area contributed by atoms with Gasteiger partial charge in [0.2, 0.25) is 0 Å². The number of alkyl halides is 1. The lowest BCUT2D eigenvalue weighted by Gasteiger charge is -2.05. The van der Waals surface area contributed by atoms with Crippen LogP contribution < -0.4 is 4.74 Å². The average Bonchev–Trinajstić information content (AvgIpc) is 2.96. The molecule has 3 rings (SSSR count). The molecule has 3 nitrogen and oxygen atoms in total. The minimum absolute atomic E-state index is 0.691. The lowest BCUT2D eigenvalue weighted by Crippen LogP contribution is -1.97. The first-order valence-electron chi connectivity index (χ1n) is 7.10. The van der Waals surface area contributed by atoms with Gasteiger partial charge in [-0.3, -0.25) is 0 Å². The number of hydrogen-bond acceptors (Lipinski definition) is 2. The third-order valence-corrected chi connectivity index (χ3v) is 3.58. The molecule has 0 aliphatic rings. The van der Waals surface area contributed by atoms with Gasteiger partial charge in [-0.2, -0.15) is 0 Å². The molecule has 0 radical (unpaired) electrons. The van der Waals surface area contributed by atoms with Gasteiger partial charge in [-0.05, 0) is 49.2 Å². The van der Waals surface area contributed by atoms with Gasteiger partial charge in [0.05, 0.1) is 12.3 Å². The maximum Gasteiger partial charge on any atom is 0.137 e. The molecular weight excluding hydrogens is 284 g/mol. The Balaban J connectivity index is 1.71. The van der Waals surface area contributed by atoms with E-state index in [9.17, 15) is 0 Å². The average molecular weight is 301 g/mol. The predicted molar refractivity (Wildman–Crippen MR) is 86.1 cm³/mol. The van der Waals surface area contributed by atoms with Crippen LogP contribution in [0.3, 0.4) is 0 Å². The van der Waals surface area contributed by atoms with Gasteiger partial charge >= 0.3 is 0 Å². The fourth-order valence-corrected chi connectivity index (χ4v) is 2.37.